The molecule has 4 nitrogen and oxygen atoms in total. The topological polar surface area (TPSA) is 44.4 Å². The second-order valence-electron chi connectivity index (χ2n) is 6.13. The molecule has 1 rings (SSSR count). The molecule has 0 aliphatic carbocycles. The van der Waals surface area contributed by atoms with Gasteiger partial charge in [-0.3, -0.25) is 9.69 Å². The van der Waals surface area contributed by atoms with E-state index in [1.54, 1.807) is 0 Å². The molecule has 1 unspecified atom stereocenters. The molecule has 1 aliphatic rings. The maximum atomic E-state index is 11.9. The molecule has 1 heterocycles. The third-order valence-corrected chi connectivity index (χ3v) is 3.98. The van der Waals surface area contributed by atoms with Gasteiger partial charge in [0.15, 0.2) is 0 Å². The Balaban J connectivity index is 2.26. The smallest absolute Gasteiger partial charge is 0.221 e. The van der Waals surface area contributed by atoms with Crippen molar-refractivity contribution in [2.45, 2.75) is 46.6 Å². The lowest BCUT2D eigenvalue weighted by atomic mass is 9.90. The van der Waals surface area contributed by atoms with E-state index in [9.17, 15) is 4.79 Å². The second-order valence-corrected chi connectivity index (χ2v) is 6.13. The van der Waals surface area contributed by atoms with E-state index in [-0.39, 0.29) is 11.3 Å². The monoisotopic (exact) mass is 255 g/mol. The highest BCUT2D eigenvalue weighted by molar-refractivity contribution is 5.76. The predicted molar refractivity (Wildman–Crippen MR) is 75.6 cm³/mol. The molecule has 1 aliphatic heterocycles. The molecule has 1 fully saturated rings. The molecule has 1 atom stereocenters. The van der Waals surface area contributed by atoms with E-state index >= 15 is 0 Å². The number of nitrogens with one attached hydrogen (secondary N) is 2. The van der Waals surface area contributed by atoms with Gasteiger partial charge in [-0.05, 0) is 18.8 Å². The van der Waals surface area contributed by atoms with E-state index in [2.05, 4.69) is 43.2 Å². The summed E-state index contributed by atoms with van der Waals surface area (Å²) in [7, 11) is 0. The quantitative estimate of drug-likeness (QED) is 0.750. The first kappa shape index (κ1) is 15.4. The Morgan fingerprint density at radius 2 is 2.00 bits per heavy atom. The molecule has 0 aromatic carbocycles. The normalized spacial score (nSPS) is 19.6. The van der Waals surface area contributed by atoms with Crippen LogP contribution < -0.4 is 10.6 Å². The van der Waals surface area contributed by atoms with Crippen molar-refractivity contribution >= 4 is 5.91 Å². The molecule has 0 radical (unpaired) electrons. The molecule has 106 valence electrons. The van der Waals surface area contributed by atoms with E-state index in [1.807, 2.05) is 0 Å². The number of carbonyl (C=O) groups is 1. The zero-order valence-corrected chi connectivity index (χ0v) is 12.4. The molecular formula is C14H29N3O. The fourth-order valence-electron chi connectivity index (χ4n) is 2.06. The van der Waals surface area contributed by atoms with Crippen LogP contribution in [0.15, 0.2) is 0 Å². The van der Waals surface area contributed by atoms with Gasteiger partial charge in [0.05, 0.1) is 0 Å². The number of nitrogens with zero attached hydrogens (tertiary/aromatic N) is 1. The van der Waals surface area contributed by atoms with Gasteiger partial charge in [0.1, 0.15) is 0 Å². The fourth-order valence-corrected chi connectivity index (χ4v) is 2.06. The Morgan fingerprint density at radius 1 is 1.39 bits per heavy atom. The van der Waals surface area contributed by atoms with Gasteiger partial charge in [-0.1, -0.05) is 20.8 Å². The number of carbonyl (C=O) groups excluding carboxylic acids is 1. The summed E-state index contributed by atoms with van der Waals surface area (Å²) in [5, 5.41) is 6.40. The number of hydrogen-bond acceptors (Lipinski definition) is 3. The third-order valence-electron chi connectivity index (χ3n) is 3.98. The lowest BCUT2D eigenvalue weighted by Crippen LogP contribution is -2.49. The Morgan fingerprint density at radius 3 is 2.56 bits per heavy atom. The van der Waals surface area contributed by atoms with Crippen molar-refractivity contribution in [3.05, 3.63) is 0 Å². The lowest BCUT2D eigenvalue weighted by Gasteiger charge is -2.32. The fraction of sp³-hybridized carbons (Fsp3) is 0.929. The molecule has 0 aromatic rings. The number of amides is 1. The standard InChI is InChI=1S/C14H29N3O/c1-5-14(3,4)11-16-13(18)10-12(2)17-8-6-15-7-9-17/h12,15H,5-11H2,1-4H3,(H,16,18). The lowest BCUT2D eigenvalue weighted by molar-refractivity contribution is -0.122. The molecule has 1 amide bonds. The van der Waals surface area contributed by atoms with Crippen molar-refractivity contribution in [3.8, 4) is 0 Å². The highest BCUT2D eigenvalue weighted by Gasteiger charge is 2.20. The van der Waals surface area contributed by atoms with Crippen molar-refractivity contribution in [2.24, 2.45) is 5.41 Å². The van der Waals surface area contributed by atoms with Crippen molar-refractivity contribution in [2.75, 3.05) is 32.7 Å². The predicted octanol–water partition coefficient (Wildman–Crippen LogP) is 1.22. The Labute approximate surface area is 111 Å². The van der Waals surface area contributed by atoms with Crippen LogP contribution in [0, 0.1) is 5.41 Å². The minimum absolute atomic E-state index is 0.183. The molecule has 1 saturated heterocycles. The average Bonchev–Trinajstić information content (AvgIpc) is 2.37. The van der Waals surface area contributed by atoms with Gasteiger partial charge < -0.3 is 10.6 Å². The van der Waals surface area contributed by atoms with E-state index < -0.39 is 0 Å². The summed E-state index contributed by atoms with van der Waals surface area (Å²) in [6.45, 7) is 13.6. The first-order valence-electron chi connectivity index (χ1n) is 7.16. The average molecular weight is 255 g/mol. The summed E-state index contributed by atoms with van der Waals surface area (Å²) in [6, 6.07) is 0.344. The highest BCUT2D eigenvalue weighted by Crippen LogP contribution is 2.17. The third kappa shape index (κ3) is 5.36. The summed E-state index contributed by atoms with van der Waals surface area (Å²) >= 11 is 0. The first-order chi connectivity index (χ1) is 8.44. The van der Waals surface area contributed by atoms with Crippen LogP contribution in [0.3, 0.4) is 0 Å². The zero-order chi connectivity index (χ0) is 13.6. The van der Waals surface area contributed by atoms with E-state index in [4.69, 9.17) is 0 Å². The Kier molecular flexibility index (Phi) is 6.09. The van der Waals surface area contributed by atoms with Crippen LogP contribution in [0.5, 0.6) is 0 Å². The maximum Gasteiger partial charge on any atom is 0.221 e. The number of hydrogen-bond donors (Lipinski definition) is 2. The summed E-state index contributed by atoms with van der Waals surface area (Å²) in [4.78, 5) is 14.3. The van der Waals surface area contributed by atoms with E-state index in [0.29, 0.717) is 12.5 Å². The van der Waals surface area contributed by atoms with Gasteiger partial charge in [0.25, 0.3) is 0 Å². The van der Waals surface area contributed by atoms with E-state index in [0.717, 1.165) is 39.1 Å². The summed E-state index contributed by atoms with van der Waals surface area (Å²) in [6.07, 6.45) is 1.69. The summed E-state index contributed by atoms with van der Waals surface area (Å²) < 4.78 is 0. The Hall–Kier alpha value is -0.610. The van der Waals surface area contributed by atoms with Crippen molar-refractivity contribution in [1.82, 2.24) is 15.5 Å². The molecule has 0 bridgehead atoms. The van der Waals surface area contributed by atoms with Crippen LogP contribution in [0.4, 0.5) is 0 Å². The summed E-state index contributed by atoms with van der Waals surface area (Å²) in [5.41, 5.74) is 0.202. The van der Waals surface area contributed by atoms with Crippen LogP contribution in [-0.4, -0.2) is 49.6 Å². The maximum absolute atomic E-state index is 11.9. The molecule has 18 heavy (non-hydrogen) atoms. The number of piperazine rings is 1. The van der Waals surface area contributed by atoms with Gasteiger partial charge in [0, 0.05) is 45.2 Å². The molecule has 0 spiro atoms. The summed E-state index contributed by atoms with van der Waals surface area (Å²) in [5.74, 6) is 0.183. The largest absolute Gasteiger partial charge is 0.356 e. The van der Waals surface area contributed by atoms with Crippen molar-refractivity contribution in [3.63, 3.8) is 0 Å². The first-order valence-corrected chi connectivity index (χ1v) is 7.16. The Bertz CT molecular complexity index is 260. The van der Waals surface area contributed by atoms with Crippen LogP contribution in [0.25, 0.3) is 0 Å². The van der Waals surface area contributed by atoms with Gasteiger partial charge in [0.2, 0.25) is 5.91 Å². The molecular weight excluding hydrogens is 226 g/mol. The van der Waals surface area contributed by atoms with Crippen LogP contribution in [-0.2, 0) is 4.79 Å². The van der Waals surface area contributed by atoms with Crippen LogP contribution >= 0.6 is 0 Å². The van der Waals surface area contributed by atoms with E-state index in [1.165, 1.54) is 0 Å². The second kappa shape index (κ2) is 7.10. The zero-order valence-electron chi connectivity index (χ0n) is 12.4. The molecule has 0 aromatic heterocycles. The minimum atomic E-state index is 0.183. The highest BCUT2D eigenvalue weighted by atomic mass is 16.1. The van der Waals surface area contributed by atoms with Crippen LogP contribution in [0.2, 0.25) is 0 Å². The molecule has 4 heteroatoms. The van der Waals surface area contributed by atoms with Gasteiger partial charge >= 0.3 is 0 Å². The van der Waals surface area contributed by atoms with Gasteiger partial charge in [-0.15, -0.1) is 0 Å². The number of rotatable bonds is 6. The molecule has 2 N–H and O–H groups in total. The van der Waals surface area contributed by atoms with Gasteiger partial charge in [-0.25, -0.2) is 0 Å². The minimum Gasteiger partial charge on any atom is -0.356 e. The van der Waals surface area contributed by atoms with Crippen molar-refractivity contribution < 1.29 is 4.79 Å². The molecule has 0 saturated carbocycles. The van der Waals surface area contributed by atoms with Gasteiger partial charge in [-0.2, -0.15) is 0 Å². The van der Waals surface area contributed by atoms with Crippen molar-refractivity contribution in [1.29, 1.82) is 0 Å². The SMILES string of the molecule is CCC(C)(C)CNC(=O)CC(C)N1CCNCC1. The van der Waals surface area contributed by atoms with Crippen LogP contribution in [0.1, 0.15) is 40.5 Å².